The van der Waals surface area contributed by atoms with Crippen molar-refractivity contribution in [3.63, 3.8) is 0 Å². The Morgan fingerprint density at radius 3 is 2.56 bits per heavy atom. The Morgan fingerprint density at radius 1 is 1.38 bits per heavy atom. The summed E-state index contributed by atoms with van der Waals surface area (Å²) in [5, 5.41) is 0. The highest BCUT2D eigenvalue weighted by Gasteiger charge is 2.05. The van der Waals surface area contributed by atoms with Gasteiger partial charge in [-0.3, -0.25) is 4.79 Å². The monoisotopic (exact) mass is 242 g/mol. The highest BCUT2D eigenvalue weighted by molar-refractivity contribution is 7.99. The van der Waals surface area contributed by atoms with Gasteiger partial charge >= 0.3 is 5.97 Å². The van der Waals surface area contributed by atoms with Crippen molar-refractivity contribution in [1.82, 2.24) is 0 Å². The number of hydrogen-bond donors (Lipinski definition) is 0. The van der Waals surface area contributed by atoms with Gasteiger partial charge in [0.15, 0.2) is 0 Å². The Labute approximate surface area is 99.2 Å². The van der Waals surface area contributed by atoms with Gasteiger partial charge in [0.2, 0.25) is 0 Å². The van der Waals surface area contributed by atoms with Crippen LogP contribution in [0.3, 0.4) is 0 Å². The molecule has 0 N–H and O–H groups in total. The number of thioether (sulfide) groups is 1. The summed E-state index contributed by atoms with van der Waals surface area (Å²) in [5.74, 6) is 0.213. The summed E-state index contributed by atoms with van der Waals surface area (Å²) in [6, 6.07) is 6.23. The first kappa shape index (κ1) is 13.0. The van der Waals surface area contributed by atoms with Crippen molar-refractivity contribution in [3.8, 4) is 0 Å². The second kappa shape index (κ2) is 6.53. The fourth-order valence-electron chi connectivity index (χ4n) is 1.10. The minimum absolute atomic E-state index is 0.0664. The zero-order valence-electron chi connectivity index (χ0n) is 9.40. The summed E-state index contributed by atoms with van der Waals surface area (Å²) >= 11 is 1.52. The van der Waals surface area contributed by atoms with Crippen molar-refractivity contribution >= 4 is 17.7 Å². The maximum atomic E-state index is 12.6. The van der Waals surface area contributed by atoms with Crippen molar-refractivity contribution in [2.75, 3.05) is 5.75 Å². The van der Waals surface area contributed by atoms with Crippen LogP contribution in [0.5, 0.6) is 0 Å². The molecule has 0 aromatic heterocycles. The molecule has 0 amide bonds. The van der Waals surface area contributed by atoms with Gasteiger partial charge in [0.25, 0.3) is 0 Å². The van der Waals surface area contributed by atoms with Crippen LogP contribution in [-0.4, -0.2) is 17.8 Å². The molecule has 1 aromatic carbocycles. The van der Waals surface area contributed by atoms with Crippen LogP contribution in [0.25, 0.3) is 0 Å². The van der Waals surface area contributed by atoms with Crippen LogP contribution in [0.4, 0.5) is 4.39 Å². The summed E-state index contributed by atoms with van der Waals surface area (Å²) in [7, 11) is 0. The minimum atomic E-state index is -0.247. The van der Waals surface area contributed by atoms with Crippen LogP contribution in [-0.2, 0) is 9.53 Å². The molecule has 0 saturated carbocycles. The lowest BCUT2D eigenvalue weighted by Crippen LogP contribution is -2.11. The van der Waals surface area contributed by atoms with Gasteiger partial charge in [-0.2, -0.15) is 0 Å². The standard InChI is InChI=1S/C12H15FO2S/c1-9(2)15-12(14)7-8-16-11-5-3-10(13)4-6-11/h3-6,9H,7-8H2,1-2H3. The van der Waals surface area contributed by atoms with E-state index >= 15 is 0 Å². The van der Waals surface area contributed by atoms with Gasteiger partial charge in [-0.15, -0.1) is 11.8 Å². The molecule has 0 aliphatic heterocycles. The van der Waals surface area contributed by atoms with Crippen molar-refractivity contribution < 1.29 is 13.9 Å². The molecule has 1 aromatic rings. The van der Waals surface area contributed by atoms with Crippen LogP contribution < -0.4 is 0 Å². The average Bonchev–Trinajstić information content (AvgIpc) is 2.20. The molecule has 0 spiro atoms. The van der Waals surface area contributed by atoms with Crippen molar-refractivity contribution in [2.24, 2.45) is 0 Å². The highest BCUT2D eigenvalue weighted by Crippen LogP contribution is 2.19. The lowest BCUT2D eigenvalue weighted by molar-refractivity contribution is -0.146. The number of halogens is 1. The lowest BCUT2D eigenvalue weighted by Gasteiger charge is -2.07. The van der Waals surface area contributed by atoms with Crippen LogP contribution in [0, 0.1) is 5.82 Å². The topological polar surface area (TPSA) is 26.3 Å². The molecule has 0 aliphatic rings. The fourth-order valence-corrected chi connectivity index (χ4v) is 1.94. The number of esters is 1. The van der Waals surface area contributed by atoms with Gasteiger partial charge in [0, 0.05) is 10.6 Å². The molecule has 0 bridgehead atoms. The normalized spacial score (nSPS) is 10.5. The summed E-state index contributed by atoms with van der Waals surface area (Å²) in [6.07, 6.45) is 0.309. The third-order valence-electron chi connectivity index (χ3n) is 1.76. The molecule has 0 aliphatic carbocycles. The van der Waals surface area contributed by atoms with Crippen molar-refractivity contribution in [1.29, 1.82) is 0 Å². The first-order valence-electron chi connectivity index (χ1n) is 5.16. The molecular weight excluding hydrogens is 227 g/mol. The van der Waals surface area contributed by atoms with E-state index in [1.165, 1.54) is 23.9 Å². The molecule has 0 atom stereocenters. The zero-order valence-corrected chi connectivity index (χ0v) is 10.2. The smallest absolute Gasteiger partial charge is 0.306 e. The second-order valence-corrected chi connectivity index (χ2v) is 4.76. The van der Waals surface area contributed by atoms with Gasteiger partial charge in [0.1, 0.15) is 5.82 Å². The Bertz CT molecular complexity index is 335. The number of benzene rings is 1. The van der Waals surface area contributed by atoms with E-state index < -0.39 is 0 Å². The third-order valence-corrected chi connectivity index (χ3v) is 2.77. The number of rotatable bonds is 5. The lowest BCUT2D eigenvalue weighted by atomic mass is 10.4. The molecule has 0 fully saturated rings. The molecule has 4 heteroatoms. The van der Waals surface area contributed by atoms with Gasteiger partial charge < -0.3 is 4.74 Å². The highest BCUT2D eigenvalue weighted by atomic mass is 32.2. The molecule has 2 nitrogen and oxygen atoms in total. The molecule has 0 saturated heterocycles. The molecule has 16 heavy (non-hydrogen) atoms. The summed E-state index contributed by atoms with van der Waals surface area (Å²) in [4.78, 5) is 12.2. The Balaban J connectivity index is 2.25. The van der Waals surface area contributed by atoms with Crippen LogP contribution in [0.2, 0.25) is 0 Å². The zero-order chi connectivity index (χ0) is 12.0. The largest absolute Gasteiger partial charge is 0.463 e. The molecule has 0 heterocycles. The molecule has 88 valence electrons. The first-order valence-corrected chi connectivity index (χ1v) is 6.14. The molecule has 1 rings (SSSR count). The minimum Gasteiger partial charge on any atom is -0.463 e. The third kappa shape index (κ3) is 5.16. The van der Waals surface area contributed by atoms with E-state index in [4.69, 9.17) is 4.74 Å². The van der Waals surface area contributed by atoms with Crippen LogP contribution >= 0.6 is 11.8 Å². The fraction of sp³-hybridized carbons (Fsp3) is 0.417. The van der Waals surface area contributed by atoms with E-state index in [-0.39, 0.29) is 17.9 Å². The van der Waals surface area contributed by atoms with Gasteiger partial charge in [-0.25, -0.2) is 4.39 Å². The van der Waals surface area contributed by atoms with Gasteiger partial charge in [0.05, 0.1) is 12.5 Å². The predicted octanol–water partition coefficient (Wildman–Crippen LogP) is 3.26. The van der Waals surface area contributed by atoms with Crippen LogP contribution in [0.1, 0.15) is 20.3 Å². The first-order chi connectivity index (χ1) is 7.58. The number of carbonyl (C=O) groups is 1. The quantitative estimate of drug-likeness (QED) is 0.585. The van der Waals surface area contributed by atoms with E-state index in [9.17, 15) is 9.18 Å². The summed E-state index contributed by atoms with van der Waals surface area (Å²) in [6.45, 7) is 3.65. The number of ether oxygens (including phenoxy) is 1. The summed E-state index contributed by atoms with van der Waals surface area (Å²) in [5.41, 5.74) is 0. The average molecular weight is 242 g/mol. The van der Waals surface area contributed by atoms with E-state index in [1.54, 1.807) is 12.1 Å². The van der Waals surface area contributed by atoms with E-state index in [1.807, 2.05) is 13.8 Å². The molecule has 0 unspecified atom stereocenters. The number of carbonyl (C=O) groups excluding carboxylic acids is 1. The summed E-state index contributed by atoms with van der Waals surface area (Å²) < 4.78 is 17.6. The Morgan fingerprint density at radius 2 is 2.00 bits per heavy atom. The van der Waals surface area contributed by atoms with E-state index in [2.05, 4.69) is 0 Å². The molecule has 0 radical (unpaired) electrons. The van der Waals surface area contributed by atoms with Gasteiger partial charge in [-0.05, 0) is 38.1 Å². The van der Waals surface area contributed by atoms with E-state index in [0.717, 1.165) is 4.90 Å². The van der Waals surface area contributed by atoms with Crippen molar-refractivity contribution in [2.45, 2.75) is 31.3 Å². The molecular formula is C12H15FO2S. The van der Waals surface area contributed by atoms with Crippen LogP contribution in [0.15, 0.2) is 29.2 Å². The second-order valence-electron chi connectivity index (χ2n) is 3.59. The van der Waals surface area contributed by atoms with Crippen molar-refractivity contribution in [3.05, 3.63) is 30.1 Å². The maximum absolute atomic E-state index is 12.6. The maximum Gasteiger partial charge on any atom is 0.306 e. The Kier molecular flexibility index (Phi) is 5.32. The van der Waals surface area contributed by atoms with E-state index in [0.29, 0.717) is 12.2 Å². The van der Waals surface area contributed by atoms with Gasteiger partial charge in [-0.1, -0.05) is 0 Å². The SMILES string of the molecule is CC(C)OC(=O)CCSc1ccc(F)cc1. The Hall–Kier alpha value is -1.03. The number of hydrogen-bond acceptors (Lipinski definition) is 3. The predicted molar refractivity (Wildman–Crippen MR) is 63.0 cm³/mol.